The van der Waals surface area contributed by atoms with Crippen molar-refractivity contribution < 1.29 is 15.0 Å². The van der Waals surface area contributed by atoms with Crippen molar-refractivity contribution in [3.63, 3.8) is 0 Å². The molecule has 362 valence electrons. The Bertz CT molecular complexity index is 2160. The number of fused-ring (bicyclic) bond motifs is 2. The van der Waals surface area contributed by atoms with Crippen LogP contribution in [0.15, 0.2) is 47.5 Å². The number of hydrogen-bond acceptors (Lipinski definition) is 0. The van der Waals surface area contributed by atoms with Crippen LogP contribution >= 0.6 is 17.0 Å². The van der Waals surface area contributed by atoms with Crippen LogP contribution in [0.4, 0.5) is 0 Å². The van der Waals surface area contributed by atoms with Gasteiger partial charge in [-0.2, -0.15) is 0 Å². The van der Waals surface area contributed by atoms with Crippen LogP contribution in [0.2, 0.25) is 13.1 Å². The van der Waals surface area contributed by atoms with Crippen LogP contribution < -0.4 is 0 Å². The molecule has 0 amide bonds. The van der Waals surface area contributed by atoms with Crippen LogP contribution in [0.25, 0.3) is 11.1 Å². The van der Waals surface area contributed by atoms with E-state index in [0.29, 0.717) is 0 Å². The fourth-order valence-electron chi connectivity index (χ4n) is 18.1. The van der Waals surface area contributed by atoms with Crippen molar-refractivity contribution in [3.8, 4) is 0 Å². The number of halogens is 2. The van der Waals surface area contributed by atoms with E-state index < -0.39 is 20.4 Å². The minimum atomic E-state index is -5.52. The summed E-state index contributed by atoms with van der Waals surface area (Å²) in [5, 5.41) is 0. The zero-order chi connectivity index (χ0) is 46.4. The molecular formula is C62H92Cl2SiZr. The molecule has 0 N–H and O–H groups in total. The molecule has 0 aromatic heterocycles. The molecule has 4 heteroatoms. The molecule has 66 heavy (non-hydrogen) atoms. The van der Waals surface area contributed by atoms with Gasteiger partial charge in [0.15, 0.2) is 0 Å². The van der Waals surface area contributed by atoms with Crippen LogP contribution in [-0.4, -0.2) is 5.43 Å². The average Bonchev–Trinajstić information content (AvgIpc) is 3.89. The Morgan fingerprint density at radius 1 is 0.379 bits per heavy atom. The normalized spacial score (nSPS) is 29.3. The zero-order valence-corrected chi connectivity index (χ0v) is 48.6. The van der Waals surface area contributed by atoms with E-state index in [1.165, 1.54) is 193 Å². The number of allylic oxidation sites excluding steroid dienone is 4. The number of rotatable bonds is 8. The average molecular weight is 1030 g/mol. The van der Waals surface area contributed by atoms with Crippen molar-refractivity contribution in [2.24, 2.45) is 21.7 Å². The van der Waals surface area contributed by atoms with Crippen LogP contribution in [-0.2, 0) is 25.8 Å². The summed E-state index contributed by atoms with van der Waals surface area (Å²) in [6, 6.07) is 15.7. The van der Waals surface area contributed by atoms with Gasteiger partial charge in [-0.05, 0) is 0 Å². The Morgan fingerprint density at radius 3 is 0.909 bits per heavy atom. The topological polar surface area (TPSA) is 0 Å². The standard InChI is InChI=1S/2C30H43.C2H6Si.2ClH.Zr/c2*1-28(16-7-4-8-17-28)25-15-13-14-23-24(25)22-26(29(2)18-9-5-10-19-29)27(23)30(3)20-11-6-12-21-30;1-3-2;;;/h2*13-15,22H,4-12,16-21H2,1-3H3;1-2H3;2*1H;/q;;;;;+2/p-2. The first-order valence-electron chi connectivity index (χ1n) is 28.6. The molecule has 0 nitrogen and oxygen atoms in total. The molecule has 6 fully saturated rings. The van der Waals surface area contributed by atoms with Gasteiger partial charge in [-0.1, -0.05) is 0 Å². The predicted molar refractivity (Wildman–Crippen MR) is 287 cm³/mol. The summed E-state index contributed by atoms with van der Waals surface area (Å²) in [5.41, 5.74) is 16.8. The first-order valence-corrected chi connectivity index (χ1v) is 43.9. The summed E-state index contributed by atoms with van der Waals surface area (Å²) in [6.45, 7) is 21.8. The molecule has 2 aromatic carbocycles. The van der Waals surface area contributed by atoms with Crippen LogP contribution in [0.1, 0.15) is 275 Å². The van der Waals surface area contributed by atoms with Gasteiger partial charge in [0.05, 0.1) is 0 Å². The van der Waals surface area contributed by atoms with E-state index in [1.807, 2.05) is 11.1 Å². The van der Waals surface area contributed by atoms with Crippen molar-refractivity contribution in [3.05, 3.63) is 80.9 Å². The molecule has 8 aliphatic rings. The molecule has 10 rings (SSSR count). The fourth-order valence-corrected chi connectivity index (χ4v) is 46.3. The maximum atomic E-state index is 10.1. The fraction of sp³-hybridized carbons (Fsp3) is 0.742. The van der Waals surface area contributed by atoms with Gasteiger partial charge < -0.3 is 0 Å². The van der Waals surface area contributed by atoms with Crippen molar-refractivity contribution in [2.45, 2.75) is 265 Å². The summed E-state index contributed by atoms with van der Waals surface area (Å²) >= 11 is -5.52. The second-order valence-electron chi connectivity index (χ2n) is 26.9. The minimum absolute atomic E-state index is 0.103. The third kappa shape index (κ3) is 7.73. The van der Waals surface area contributed by atoms with Crippen molar-refractivity contribution in [2.75, 3.05) is 0 Å². The van der Waals surface area contributed by atoms with Gasteiger partial charge in [-0.3, -0.25) is 0 Å². The van der Waals surface area contributed by atoms with E-state index in [4.69, 9.17) is 0 Å². The maximum absolute atomic E-state index is 10.1. The second kappa shape index (κ2) is 18.0. The Balaban J connectivity index is 1.38. The monoisotopic (exact) mass is 1020 g/mol. The van der Waals surface area contributed by atoms with E-state index in [-0.39, 0.29) is 39.7 Å². The van der Waals surface area contributed by atoms with Crippen molar-refractivity contribution >= 4 is 33.6 Å². The van der Waals surface area contributed by atoms with Gasteiger partial charge >= 0.3 is 417 Å². The summed E-state index contributed by atoms with van der Waals surface area (Å²) in [7, 11) is 20.2. The number of benzene rings is 2. The molecule has 2 atom stereocenters. The molecule has 0 bridgehead atoms. The molecule has 2 aromatic rings. The van der Waals surface area contributed by atoms with Gasteiger partial charge in [0, 0.05) is 0 Å². The molecule has 6 saturated carbocycles. The first-order chi connectivity index (χ1) is 31.4. The predicted octanol–water partition coefficient (Wildman–Crippen LogP) is 20.6. The third-order valence-electron chi connectivity index (χ3n) is 22.0. The molecule has 0 radical (unpaired) electrons. The van der Waals surface area contributed by atoms with E-state index in [9.17, 15) is 17.0 Å². The third-order valence-corrected chi connectivity index (χ3v) is 68.0. The molecular weight excluding hydrogens is 935 g/mol. The van der Waals surface area contributed by atoms with Gasteiger partial charge in [-0.25, -0.2) is 0 Å². The van der Waals surface area contributed by atoms with Gasteiger partial charge in [0.2, 0.25) is 0 Å². The van der Waals surface area contributed by atoms with E-state index in [1.54, 1.807) is 44.5 Å². The molecule has 0 heterocycles. The Kier molecular flexibility index (Phi) is 13.4. The molecule has 2 unspecified atom stereocenters. The summed E-state index contributed by atoms with van der Waals surface area (Å²) in [6.07, 6.45) is 39.9. The molecule has 0 spiro atoms. The Hall–Kier alpha value is -0.400. The van der Waals surface area contributed by atoms with Gasteiger partial charge in [0.1, 0.15) is 0 Å². The summed E-state index contributed by atoms with van der Waals surface area (Å²) in [4.78, 5) is 0. The zero-order valence-electron chi connectivity index (χ0n) is 43.6. The molecule has 0 aliphatic heterocycles. The van der Waals surface area contributed by atoms with E-state index in [0.717, 1.165) is 0 Å². The van der Waals surface area contributed by atoms with Crippen molar-refractivity contribution in [1.82, 2.24) is 0 Å². The quantitative estimate of drug-likeness (QED) is 0.231. The van der Waals surface area contributed by atoms with Gasteiger partial charge in [-0.15, -0.1) is 0 Å². The second-order valence-corrected chi connectivity index (χ2v) is 65.6. The van der Waals surface area contributed by atoms with Crippen molar-refractivity contribution in [1.29, 1.82) is 0 Å². The SMILES string of the molecule is C[Si](C)=[Zr]([Cl])([Cl])([CH]1C(C2(C)CCCCC2)=C(C2(C)CCCCC2)c2cccc(C3(C)CCCCC3)c21)[CH]1C(C2(C)CCCCC2)=C(C2(C)CCCCC2)c2cccc(C3(C)CCCCC3)c21. The first kappa shape index (κ1) is 49.2. The van der Waals surface area contributed by atoms with E-state index >= 15 is 0 Å². The Labute approximate surface area is 413 Å². The van der Waals surface area contributed by atoms with Crippen LogP contribution in [0.3, 0.4) is 0 Å². The summed E-state index contributed by atoms with van der Waals surface area (Å²) < 4.78 is 0.317. The Morgan fingerprint density at radius 2 is 0.636 bits per heavy atom. The van der Waals surface area contributed by atoms with Crippen LogP contribution in [0.5, 0.6) is 0 Å². The molecule has 0 saturated heterocycles. The molecule has 8 aliphatic carbocycles. The van der Waals surface area contributed by atoms with E-state index in [2.05, 4.69) is 91.0 Å². The van der Waals surface area contributed by atoms with Gasteiger partial charge in [0.25, 0.3) is 0 Å². The number of hydrogen-bond donors (Lipinski definition) is 0. The summed E-state index contributed by atoms with van der Waals surface area (Å²) in [5.74, 6) is 0. The van der Waals surface area contributed by atoms with Crippen LogP contribution in [0, 0.1) is 21.7 Å².